The van der Waals surface area contributed by atoms with Gasteiger partial charge in [0.15, 0.2) is 0 Å². The van der Waals surface area contributed by atoms with Gasteiger partial charge in [-0.15, -0.1) is 0 Å². The molecule has 8 nitrogen and oxygen atoms in total. The van der Waals surface area contributed by atoms with Gasteiger partial charge in [-0.25, -0.2) is 4.57 Å². The third-order valence-electron chi connectivity index (χ3n) is 8.27. The predicted molar refractivity (Wildman–Crippen MR) is 207 cm³/mol. The number of rotatable bonds is 34. The Hall–Kier alpha value is -1.54. The Morgan fingerprint density at radius 1 is 0.694 bits per heavy atom. The zero-order valence-corrected chi connectivity index (χ0v) is 33.1. The molecular formula is C40H76N2O6P+. The first-order valence-electron chi connectivity index (χ1n) is 19.5. The Labute approximate surface area is 301 Å². The molecule has 0 saturated carbocycles. The standard InChI is InChI=1S/C40H75N2O6P/c1-6-8-10-12-14-16-17-18-19-20-21-22-23-24-26-28-30-32-34-40(44)41-38(37-48-49(45,46)47-36-35-42(3,4)5)39(43)33-31-29-27-25-15-13-11-9-7-2/h15-17,19-20,25,31,33,38-39,43H,6-14,18,21-24,26-30,32,34-37H2,1-5H3,(H-,41,44,45,46)/p+1/b17-16-,20-19-,25-15+,33-31+. The molecule has 3 atom stereocenters. The van der Waals surface area contributed by atoms with Crippen LogP contribution >= 0.6 is 7.82 Å². The van der Waals surface area contributed by atoms with Gasteiger partial charge in [0, 0.05) is 6.42 Å². The minimum absolute atomic E-state index is 0.0525. The summed E-state index contributed by atoms with van der Waals surface area (Å²) in [6.07, 6.45) is 39.0. The summed E-state index contributed by atoms with van der Waals surface area (Å²) in [5.74, 6) is -0.201. The molecule has 0 saturated heterocycles. The van der Waals surface area contributed by atoms with Crippen molar-refractivity contribution in [2.45, 2.75) is 161 Å². The zero-order chi connectivity index (χ0) is 36.5. The third-order valence-corrected chi connectivity index (χ3v) is 9.26. The van der Waals surface area contributed by atoms with E-state index in [-0.39, 0.29) is 19.1 Å². The molecule has 3 N–H and O–H groups in total. The smallest absolute Gasteiger partial charge is 0.387 e. The number of nitrogens with one attached hydrogen (secondary N) is 1. The van der Waals surface area contributed by atoms with E-state index >= 15 is 0 Å². The number of unbranched alkanes of at least 4 members (excludes halogenated alkanes) is 15. The minimum Gasteiger partial charge on any atom is -0.387 e. The van der Waals surface area contributed by atoms with Gasteiger partial charge < -0.3 is 19.8 Å². The van der Waals surface area contributed by atoms with Gasteiger partial charge >= 0.3 is 7.82 Å². The lowest BCUT2D eigenvalue weighted by molar-refractivity contribution is -0.870. The number of aliphatic hydroxyl groups excluding tert-OH is 1. The summed E-state index contributed by atoms with van der Waals surface area (Å²) in [6, 6.07) is -0.864. The van der Waals surface area contributed by atoms with Gasteiger partial charge in [0.25, 0.3) is 0 Å². The summed E-state index contributed by atoms with van der Waals surface area (Å²) in [4.78, 5) is 23.0. The van der Waals surface area contributed by atoms with E-state index in [9.17, 15) is 19.4 Å². The van der Waals surface area contributed by atoms with Crippen molar-refractivity contribution in [2.24, 2.45) is 0 Å². The Bertz CT molecular complexity index is 944. The van der Waals surface area contributed by atoms with Crippen LogP contribution in [0.5, 0.6) is 0 Å². The Kier molecular flexibility index (Phi) is 31.4. The fourth-order valence-corrected chi connectivity index (χ4v) is 5.82. The Morgan fingerprint density at radius 3 is 1.80 bits per heavy atom. The molecule has 0 aromatic rings. The van der Waals surface area contributed by atoms with Gasteiger partial charge in [0.1, 0.15) is 13.2 Å². The SMILES string of the molecule is CCCCC/C=C/CC/C=C/C(O)C(COP(=O)(O)OCC[N+](C)(C)C)NC(=O)CCCCCCCCC/C=C\C/C=C\CCCCCC. The molecule has 286 valence electrons. The number of hydrogen-bond donors (Lipinski definition) is 3. The second kappa shape index (κ2) is 32.4. The molecule has 0 aliphatic rings. The summed E-state index contributed by atoms with van der Waals surface area (Å²) >= 11 is 0. The quantitative estimate of drug-likeness (QED) is 0.0266. The van der Waals surface area contributed by atoms with Crippen molar-refractivity contribution in [2.75, 3.05) is 40.9 Å². The van der Waals surface area contributed by atoms with Gasteiger partial charge in [0.05, 0.1) is 39.9 Å². The number of aliphatic hydroxyl groups is 1. The molecule has 0 heterocycles. The molecule has 0 radical (unpaired) electrons. The third kappa shape index (κ3) is 34.7. The normalized spacial score (nSPS) is 15.2. The Morgan fingerprint density at radius 2 is 1.18 bits per heavy atom. The molecule has 49 heavy (non-hydrogen) atoms. The topological polar surface area (TPSA) is 105 Å². The molecule has 9 heteroatoms. The van der Waals surface area contributed by atoms with Crippen LogP contribution in [0.1, 0.15) is 149 Å². The minimum atomic E-state index is -4.34. The number of carbonyl (C=O) groups excluding carboxylic acids is 1. The van der Waals surface area contributed by atoms with E-state index < -0.39 is 20.0 Å². The monoisotopic (exact) mass is 712 g/mol. The lowest BCUT2D eigenvalue weighted by atomic mass is 10.1. The van der Waals surface area contributed by atoms with Gasteiger partial charge in [-0.3, -0.25) is 13.8 Å². The van der Waals surface area contributed by atoms with Crippen LogP contribution < -0.4 is 5.32 Å². The summed E-state index contributed by atoms with van der Waals surface area (Å²) in [5, 5.41) is 13.7. The van der Waals surface area contributed by atoms with Crippen LogP contribution in [0.2, 0.25) is 0 Å². The van der Waals surface area contributed by atoms with E-state index in [4.69, 9.17) is 9.05 Å². The van der Waals surface area contributed by atoms with Crippen LogP contribution in [-0.2, 0) is 18.4 Å². The van der Waals surface area contributed by atoms with E-state index in [1.165, 1.54) is 77.0 Å². The van der Waals surface area contributed by atoms with Crippen molar-refractivity contribution in [3.8, 4) is 0 Å². The lowest BCUT2D eigenvalue weighted by Crippen LogP contribution is -2.45. The van der Waals surface area contributed by atoms with Crippen molar-refractivity contribution >= 4 is 13.7 Å². The average molecular weight is 712 g/mol. The lowest BCUT2D eigenvalue weighted by Gasteiger charge is -2.25. The van der Waals surface area contributed by atoms with E-state index in [0.717, 1.165) is 51.4 Å². The van der Waals surface area contributed by atoms with Gasteiger partial charge in [-0.1, -0.05) is 127 Å². The largest absolute Gasteiger partial charge is 0.472 e. The van der Waals surface area contributed by atoms with Crippen LogP contribution in [0, 0.1) is 0 Å². The van der Waals surface area contributed by atoms with Crippen LogP contribution in [0.3, 0.4) is 0 Å². The maximum Gasteiger partial charge on any atom is 0.472 e. The highest BCUT2D eigenvalue weighted by atomic mass is 31.2. The average Bonchev–Trinajstić information content (AvgIpc) is 3.04. The maximum atomic E-state index is 12.8. The summed E-state index contributed by atoms with van der Waals surface area (Å²) in [5.41, 5.74) is 0. The number of phosphoric ester groups is 1. The molecule has 0 aromatic heterocycles. The number of hydrogen-bond acceptors (Lipinski definition) is 5. The van der Waals surface area contributed by atoms with Crippen LogP contribution in [0.15, 0.2) is 48.6 Å². The predicted octanol–water partition coefficient (Wildman–Crippen LogP) is 10.1. The molecule has 0 rings (SSSR count). The highest BCUT2D eigenvalue weighted by Gasteiger charge is 2.27. The van der Waals surface area contributed by atoms with Gasteiger partial charge in [-0.05, 0) is 64.2 Å². The fourth-order valence-electron chi connectivity index (χ4n) is 5.08. The van der Waals surface area contributed by atoms with Crippen LogP contribution in [-0.4, -0.2) is 73.4 Å². The number of amides is 1. The van der Waals surface area contributed by atoms with Crippen LogP contribution in [0.4, 0.5) is 0 Å². The van der Waals surface area contributed by atoms with E-state index in [2.05, 4.69) is 55.6 Å². The van der Waals surface area contributed by atoms with Gasteiger partial charge in [-0.2, -0.15) is 0 Å². The fraction of sp³-hybridized carbons (Fsp3) is 0.775. The van der Waals surface area contributed by atoms with Crippen LogP contribution in [0.25, 0.3) is 0 Å². The summed E-state index contributed by atoms with van der Waals surface area (Å²) in [6.45, 7) is 4.69. The van der Waals surface area contributed by atoms with Crippen molar-refractivity contribution < 1.29 is 32.9 Å². The number of carbonyl (C=O) groups is 1. The summed E-state index contributed by atoms with van der Waals surface area (Å²) in [7, 11) is 1.54. The first kappa shape index (κ1) is 47.5. The van der Waals surface area contributed by atoms with E-state index in [0.29, 0.717) is 17.4 Å². The molecule has 0 fully saturated rings. The summed E-state index contributed by atoms with van der Waals surface area (Å²) < 4.78 is 23.4. The number of likely N-dealkylation sites (N-methyl/N-ethyl adjacent to an activating group) is 1. The molecule has 1 amide bonds. The van der Waals surface area contributed by atoms with Crippen molar-refractivity contribution in [3.05, 3.63) is 48.6 Å². The maximum absolute atomic E-state index is 12.8. The second-order valence-corrected chi connectivity index (χ2v) is 15.7. The van der Waals surface area contributed by atoms with E-state index in [1.807, 2.05) is 27.2 Å². The number of quaternary nitrogens is 1. The van der Waals surface area contributed by atoms with Crippen molar-refractivity contribution in [1.29, 1.82) is 0 Å². The molecule has 0 bridgehead atoms. The second-order valence-electron chi connectivity index (χ2n) is 14.3. The molecule has 3 unspecified atom stereocenters. The first-order valence-corrected chi connectivity index (χ1v) is 21.0. The van der Waals surface area contributed by atoms with E-state index in [1.54, 1.807) is 6.08 Å². The van der Waals surface area contributed by atoms with Crippen molar-refractivity contribution in [3.63, 3.8) is 0 Å². The first-order chi connectivity index (χ1) is 23.5. The number of phosphoric acid groups is 1. The van der Waals surface area contributed by atoms with Crippen molar-refractivity contribution in [1.82, 2.24) is 5.32 Å². The number of allylic oxidation sites excluding steroid dienone is 7. The molecule has 0 spiro atoms. The molecule has 0 aliphatic heterocycles. The molecule has 0 aliphatic carbocycles. The highest BCUT2D eigenvalue weighted by molar-refractivity contribution is 7.47. The molecular weight excluding hydrogens is 635 g/mol. The Balaban J connectivity index is 4.46. The molecule has 0 aromatic carbocycles. The number of nitrogens with zero attached hydrogens (tertiary/aromatic N) is 1. The zero-order valence-electron chi connectivity index (χ0n) is 32.2. The highest BCUT2D eigenvalue weighted by Crippen LogP contribution is 2.43. The van der Waals surface area contributed by atoms with Gasteiger partial charge in [0.2, 0.25) is 5.91 Å².